The third kappa shape index (κ3) is 5.89. The molecule has 108 valence electrons. The van der Waals surface area contributed by atoms with Crippen LogP contribution >= 0.6 is 11.6 Å². The lowest BCUT2D eigenvalue weighted by Crippen LogP contribution is -2.40. The molecule has 0 bridgehead atoms. The van der Waals surface area contributed by atoms with E-state index in [0.29, 0.717) is 11.4 Å². The normalized spacial score (nSPS) is 12.6. The van der Waals surface area contributed by atoms with Gasteiger partial charge in [-0.3, -0.25) is 4.79 Å². The first-order chi connectivity index (χ1) is 9.38. The molecule has 0 aromatic heterocycles. The number of carboxylic acids is 1. The largest absolute Gasteiger partial charge is 0.480 e. The number of carbonyl (C=O) groups is 2. The highest BCUT2D eigenvalue weighted by atomic mass is 35.5. The molecule has 1 atom stereocenters. The fourth-order valence-electron chi connectivity index (χ4n) is 1.69. The second-order valence-electron chi connectivity index (χ2n) is 4.92. The number of nitrogens with one attached hydrogen (secondary N) is 1. The minimum Gasteiger partial charge on any atom is -0.480 e. The predicted octanol–water partition coefficient (Wildman–Crippen LogP) is 2.97. The molecule has 0 aliphatic rings. The second kappa shape index (κ2) is 7.70. The summed E-state index contributed by atoms with van der Waals surface area (Å²) < 4.78 is 0. The zero-order chi connectivity index (χ0) is 15.1. The lowest BCUT2D eigenvalue weighted by molar-refractivity contribution is -0.141. The van der Waals surface area contributed by atoms with Crippen LogP contribution in [0.2, 0.25) is 5.02 Å². The number of hydrogen-bond donors (Lipinski definition) is 2. The summed E-state index contributed by atoms with van der Waals surface area (Å²) in [5, 5.41) is 12.1. The summed E-state index contributed by atoms with van der Waals surface area (Å²) in [6.07, 6.45) is 3.30. The third-order valence-corrected chi connectivity index (χ3v) is 2.83. The fourth-order valence-corrected chi connectivity index (χ4v) is 1.89. The molecule has 0 aliphatic carbocycles. The van der Waals surface area contributed by atoms with Crippen LogP contribution in [0.15, 0.2) is 30.3 Å². The summed E-state index contributed by atoms with van der Waals surface area (Å²) in [4.78, 5) is 22.7. The first-order valence-corrected chi connectivity index (χ1v) is 6.73. The van der Waals surface area contributed by atoms with E-state index in [1.807, 2.05) is 13.8 Å². The van der Waals surface area contributed by atoms with Crippen molar-refractivity contribution >= 4 is 29.6 Å². The van der Waals surface area contributed by atoms with E-state index in [9.17, 15) is 9.59 Å². The van der Waals surface area contributed by atoms with Crippen molar-refractivity contribution in [2.45, 2.75) is 26.3 Å². The van der Waals surface area contributed by atoms with Crippen LogP contribution in [0, 0.1) is 5.92 Å². The fraction of sp³-hybridized carbons (Fsp3) is 0.333. The Labute approximate surface area is 123 Å². The molecule has 1 amide bonds. The van der Waals surface area contributed by atoms with Gasteiger partial charge < -0.3 is 10.4 Å². The number of hydrogen-bond acceptors (Lipinski definition) is 2. The van der Waals surface area contributed by atoms with Crippen LogP contribution in [0.5, 0.6) is 0 Å². The monoisotopic (exact) mass is 295 g/mol. The van der Waals surface area contributed by atoms with Crippen LogP contribution in [0.4, 0.5) is 0 Å². The average molecular weight is 296 g/mol. The lowest BCUT2D eigenvalue weighted by atomic mass is 10.0. The number of aliphatic carboxylic acids is 1. The molecule has 0 aliphatic heterocycles. The van der Waals surface area contributed by atoms with Crippen LogP contribution in [-0.2, 0) is 9.59 Å². The van der Waals surface area contributed by atoms with E-state index in [1.165, 1.54) is 6.08 Å². The van der Waals surface area contributed by atoms with Crippen LogP contribution < -0.4 is 5.32 Å². The van der Waals surface area contributed by atoms with E-state index in [4.69, 9.17) is 16.7 Å². The molecule has 0 saturated carbocycles. The molecule has 1 aromatic rings. The van der Waals surface area contributed by atoms with E-state index in [2.05, 4.69) is 5.32 Å². The predicted molar refractivity (Wildman–Crippen MR) is 79.5 cm³/mol. The van der Waals surface area contributed by atoms with E-state index in [1.54, 1.807) is 30.3 Å². The minimum absolute atomic E-state index is 0.188. The van der Waals surface area contributed by atoms with Crippen molar-refractivity contribution < 1.29 is 14.7 Å². The van der Waals surface area contributed by atoms with E-state index < -0.39 is 17.9 Å². The quantitative estimate of drug-likeness (QED) is 0.793. The number of amides is 1. The summed E-state index contributed by atoms with van der Waals surface area (Å²) in [6.45, 7) is 3.81. The highest BCUT2D eigenvalue weighted by Crippen LogP contribution is 2.11. The first-order valence-electron chi connectivity index (χ1n) is 6.35. The number of benzene rings is 1. The van der Waals surface area contributed by atoms with Crippen molar-refractivity contribution in [1.82, 2.24) is 5.32 Å². The summed E-state index contributed by atoms with van der Waals surface area (Å²) >= 11 is 5.83. The summed E-state index contributed by atoms with van der Waals surface area (Å²) in [6, 6.07) is 6.17. The first kappa shape index (κ1) is 16.2. The Morgan fingerprint density at radius 3 is 2.65 bits per heavy atom. The molecule has 0 fully saturated rings. The van der Waals surface area contributed by atoms with E-state index in [0.717, 1.165) is 5.56 Å². The van der Waals surface area contributed by atoms with Crippen molar-refractivity contribution in [3.63, 3.8) is 0 Å². The zero-order valence-corrected chi connectivity index (χ0v) is 12.2. The zero-order valence-electron chi connectivity index (χ0n) is 11.5. The van der Waals surface area contributed by atoms with Gasteiger partial charge in [0.25, 0.3) is 0 Å². The van der Waals surface area contributed by atoms with Gasteiger partial charge in [-0.15, -0.1) is 0 Å². The van der Waals surface area contributed by atoms with Gasteiger partial charge in [0, 0.05) is 11.1 Å². The molecule has 0 spiro atoms. The van der Waals surface area contributed by atoms with Crippen LogP contribution in [0.1, 0.15) is 25.8 Å². The molecular weight excluding hydrogens is 278 g/mol. The Morgan fingerprint density at radius 2 is 2.10 bits per heavy atom. The highest BCUT2D eigenvalue weighted by molar-refractivity contribution is 6.30. The number of carboxylic acid groups (broad SMARTS) is 1. The molecule has 5 heteroatoms. The van der Waals surface area contributed by atoms with E-state index >= 15 is 0 Å². The van der Waals surface area contributed by atoms with Gasteiger partial charge in [0.2, 0.25) is 5.91 Å². The maximum absolute atomic E-state index is 11.7. The maximum atomic E-state index is 11.7. The Bertz CT molecular complexity index is 512. The molecule has 0 saturated heterocycles. The van der Waals surface area contributed by atoms with Gasteiger partial charge in [-0.25, -0.2) is 4.79 Å². The van der Waals surface area contributed by atoms with Gasteiger partial charge in [-0.1, -0.05) is 37.6 Å². The summed E-state index contributed by atoms with van der Waals surface area (Å²) in [5.74, 6) is -1.27. The Morgan fingerprint density at radius 1 is 1.40 bits per heavy atom. The summed E-state index contributed by atoms with van der Waals surface area (Å²) in [5.41, 5.74) is 0.781. The molecule has 0 heterocycles. The standard InChI is InChI=1S/C15H18ClNO3/c1-10(2)8-13(15(19)20)17-14(18)7-6-11-4-3-5-12(16)9-11/h3-7,9-10,13H,8H2,1-2H3,(H,17,18)(H,19,20)/b7-6+. The van der Waals surface area contributed by atoms with Crippen molar-refractivity contribution in [3.05, 3.63) is 40.9 Å². The topological polar surface area (TPSA) is 66.4 Å². The Balaban J connectivity index is 2.63. The SMILES string of the molecule is CC(C)CC(NC(=O)/C=C/c1cccc(Cl)c1)C(=O)O. The van der Waals surface area contributed by atoms with E-state index in [-0.39, 0.29) is 5.92 Å². The number of carbonyl (C=O) groups excluding carboxylic acids is 1. The van der Waals surface area contributed by atoms with Crippen LogP contribution in [-0.4, -0.2) is 23.0 Å². The lowest BCUT2D eigenvalue weighted by Gasteiger charge is -2.15. The van der Waals surface area contributed by atoms with Gasteiger partial charge in [0.05, 0.1) is 0 Å². The van der Waals surface area contributed by atoms with Crippen molar-refractivity contribution in [2.75, 3.05) is 0 Å². The average Bonchev–Trinajstić information content (AvgIpc) is 2.35. The second-order valence-corrected chi connectivity index (χ2v) is 5.35. The molecule has 2 N–H and O–H groups in total. The van der Waals surface area contributed by atoms with Gasteiger partial charge in [-0.05, 0) is 36.1 Å². The van der Waals surface area contributed by atoms with Gasteiger partial charge in [-0.2, -0.15) is 0 Å². The molecule has 1 unspecified atom stereocenters. The number of rotatable bonds is 6. The molecule has 1 rings (SSSR count). The van der Waals surface area contributed by atoms with Crippen molar-refractivity contribution in [3.8, 4) is 0 Å². The molecular formula is C15H18ClNO3. The highest BCUT2D eigenvalue weighted by Gasteiger charge is 2.19. The number of halogens is 1. The van der Waals surface area contributed by atoms with Crippen LogP contribution in [0.3, 0.4) is 0 Å². The van der Waals surface area contributed by atoms with Crippen LogP contribution in [0.25, 0.3) is 6.08 Å². The molecule has 4 nitrogen and oxygen atoms in total. The molecule has 0 radical (unpaired) electrons. The molecule has 1 aromatic carbocycles. The Kier molecular flexibility index (Phi) is 6.25. The van der Waals surface area contributed by atoms with Crippen molar-refractivity contribution in [2.24, 2.45) is 5.92 Å². The van der Waals surface area contributed by atoms with Crippen molar-refractivity contribution in [1.29, 1.82) is 0 Å². The van der Waals surface area contributed by atoms with Gasteiger partial charge in [0.15, 0.2) is 0 Å². The third-order valence-electron chi connectivity index (χ3n) is 2.60. The smallest absolute Gasteiger partial charge is 0.326 e. The molecule has 20 heavy (non-hydrogen) atoms. The Hall–Kier alpha value is -1.81. The van der Waals surface area contributed by atoms with Gasteiger partial charge >= 0.3 is 5.97 Å². The maximum Gasteiger partial charge on any atom is 0.326 e. The van der Waals surface area contributed by atoms with Gasteiger partial charge in [0.1, 0.15) is 6.04 Å². The minimum atomic E-state index is -1.02. The summed E-state index contributed by atoms with van der Waals surface area (Å²) in [7, 11) is 0.